The van der Waals surface area contributed by atoms with Crippen LogP contribution >= 0.6 is 23.2 Å². The number of amides is 1. The monoisotopic (exact) mass is 490 g/mol. The summed E-state index contributed by atoms with van der Waals surface area (Å²) in [4.78, 5) is 26.7. The maximum atomic E-state index is 13.0. The summed E-state index contributed by atoms with van der Waals surface area (Å²) in [5.41, 5.74) is 0.375. The minimum atomic E-state index is -3.67. The Labute approximate surface area is 193 Å². The van der Waals surface area contributed by atoms with E-state index in [2.05, 4.69) is 0 Å². The van der Waals surface area contributed by atoms with Crippen molar-refractivity contribution < 1.29 is 22.7 Å². The molecule has 1 aromatic carbocycles. The van der Waals surface area contributed by atoms with Gasteiger partial charge >= 0.3 is 5.97 Å². The molecule has 0 N–H and O–H groups in total. The van der Waals surface area contributed by atoms with Crippen molar-refractivity contribution in [3.63, 3.8) is 0 Å². The zero-order valence-corrected chi connectivity index (χ0v) is 19.9. The fourth-order valence-electron chi connectivity index (χ4n) is 4.19. The molecule has 0 radical (unpaired) electrons. The molecule has 172 valence electrons. The number of piperidine rings is 2. The van der Waals surface area contributed by atoms with E-state index in [1.807, 2.05) is 0 Å². The van der Waals surface area contributed by atoms with Crippen LogP contribution in [0.3, 0.4) is 0 Å². The first kappa shape index (κ1) is 24.3. The molecule has 0 unspecified atom stereocenters. The second-order valence-electron chi connectivity index (χ2n) is 8.01. The van der Waals surface area contributed by atoms with Crippen molar-refractivity contribution in [2.45, 2.75) is 38.4 Å². The molecule has 0 bridgehead atoms. The normalized spacial score (nSPS) is 21.1. The Morgan fingerprint density at radius 1 is 1.06 bits per heavy atom. The maximum Gasteiger partial charge on any atom is 0.309 e. The number of nitrogens with zero attached hydrogens (tertiary/aromatic N) is 2. The van der Waals surface area contributed by atoms with E-state index in [0.29, 0.717) is 67.5 Å². The lowest BCUT2D eigenvalue weighted by Crippen LogP contribution is -2.49. The van der Waals surface area contributed by atoms with Crippen LogP contribution in [0.2, 0.25) is 10.0 Å². The number of halogens is 2. The number of rotatable bonds is 6. The first-order valence-corrected chi connectivity index (χ1v) is 13.0. The average Bonchev–Trinajstić information content (AvgIpc) is 2.76. The largest absolute Gasteiger partial charge is 0.466 e. The van der Waals surface area contributed by atoms with Gasteiger partial charge in [-0.15, -0.1) is 0 Å². The van der Waals surface area contributed by atoms with Gasteiger partial charge in [0, 0.05) is 41.8 Å². The third-order valence-corrected chi connectivity index (χ3v) is 8.42. The summed E-state index contributed by atoms with van der Waals surface area (Å²) >= 11 is 12.3. The molecule has 2 saturated heterocycles. The quantitative estimate of drug-likeness (QED) is 0.570. The summed E-state index contributed by atoms with van der Waals surface area (Å²) in [6.07, 6.45) is 2.41. The molecule has 2 fully saturated rings. The predicted molar refractivity (Wildman–Crippen MR) is 119 cm³/mol. The molecule has 2 aliphatic heterocycles. The Bertz CT molecular complexity index is 896. The summed E-state index contributed by atoms with van der Waals surface area (Å²) in [7, 11) is -3.67. The van der Waals surface area contributed by atoms with Crippen molar-refractivity contribution in [1.82, 2.24) is 9.21 Å². The molecule has 1 aromatic rings. The molecule has 0 spiro atoms. The zero-order valence-electron chi connectivity index (χ0n) is 17.6. The van der Waals surface area contributed by atoms with Crippen LogP contribution in [0.5, 0.6) is 0 Å². The highest BCUT2D eigenvalue weighted by Crippen LogP contribution is 2.30. The van der Waals surface area contributed by atoms with Crippen LogP contribution in [0.1, 0.15) is 38.2 Å². The lowest BCUT2D eigenvalue weighted by atomic mass is 9.93. The van der Waals surface area contributed by atoms with Crippen molar-refractivity contribution in [1.29, 1.82) is 0 Å². The summed E-state index contributed by atoms with van der Waals surface area (Å²) in [6, 6.07) is 4.89. The summed E-state index contributed by atoms with van der Waals surface area (Å²) in [5.74, 6) is -1.10. The van der Waals surface area contributed by atoms with E-state index in [9.17, 15) is 18.0 Å². The van der Waals surface area contributed by atoms with Gasteiger partial charge in [-0.05, 0) is 44.7 Å². The lowest BCUT2D eigenvalue weighted by molar-refractivity contribution is -0.152. The van der Waals surface area contributed by atoms with Crippen molar-refractivity contribution in [3.05, 3.63) is 33.8 Å². The van der Waals surface area contributed by atoms with Crippen LogP contribution in [0.15, 0.2) is 18.2 Å². The van der Waals surface area contributed by atoms with Crippen molar-refractivity contribution >= 4 is 45.1 Å². The second-order valence-corrected chi connectivity index (χ2v) is 10.8. The fourth-order valence-corrected chi connectivity index (χ4v) is 6.56. The van der Waals surface area contributed by atoms with Crippen LogP contribution in [0, 0.1) is 11.8 Å². The number of hydrogen-bond acceptors (Lipinski definition) is 5. The van der Waals surface area contributed by atoms with Gasteiger partial charge in [0.1, 0.15) is 0 Å². The number of carbonyl (C=O) groups is 2. The number of hydrogen-bond donors (Lipinski definition) is 0. The van der Waals surface area contributed by atoms with Crippen LogP contribution in [-0.2, 0) is 30.1 Å². The number of likely N-dealkylation sites (tertiary alicyclic amines) is 1. The van der Waals surface area contributed by atoms with E-state index < -0.39 is 10.0 Å². The summed E-state index contributed by atoms with van der Waals surface area (Å²) < 4.78 is 32.5. The standard InChI is InChI=1S/C21H28Cl2N2O5S/c1-2-30-21(27)15-8-11-24(12-9-15)20(26)16-5-4-10-25(13-16)31(28,29)14-17-18(22)6-3-7-19(17)23/h3,6-7,15-16H,2,4-5,8-14H2,1H3/t16-/m1/s1. The van der Waals surface area contributed by atoms with Crippen LogP contribution < -0.4 is 0 Å². The van der Waals surface area contributed by atoms with Gasteiger partial charge in [0.15, 0.2) is 0 Å². The van der Waals surface area contributed by atoms with Gasteiger partial charge in [0.25, 0.3) is 0 Å². The van der Waals surface area contributed by atoms with E-state index in [1.54, 1.807) is 30.0 Å². The smallest absolute Gasteiger partial charge is 0.309 e. The molecule has 7 nitrogen and oxygen atoms in total. The first-order chi connectivity index (χ1) is 14.7. The highest BCUT2D eigenvalue weighted by molar-refractivity contribution is 7.88. The van der Waals surface area contributed by atoms with Crippen molar-refractivity contribution in [3.8, 4) is 0 Å². The van der Waals surface area contributed by atoms with Gasteiger partial charge in [0.05, 0.1) is 24.2 Å². The van der Waals surface area contributed by atoms with E-state index in [1.165, 1.54) is 4.31 Å². The SMILES string of the molecule is CCOC(=O)C1CCN(C(=O)[C@@H]2CCCN(S(=O)(=O)Cc3c(Cl)cccc3Cl)C2)CC1. The third-order valence-electron chi connectivity index (χ3n) is 5.94. The average molecular weight is 491 g/mol. The number of sulfonamides is 1. The minimum absolute atomic E-state index is 0.0435. The molecule has 10 heteroatoms. The molecule has 0 aromatic heterocycles. The number of carbonyl (C=O) groups excluding carboxylic acids is 2. The van der Waals surface area contributed by atoms with Crippen molar-refractivity contribution in [2.75, 3.05) is 32.8 Å². The Kier molecular flexibility index (Phi) is 8.24. The molecule has 1 amide bonds. The lowest BCUT2D eigenvalue weighted by Gasteiger charge is -2.37. The highest BCUT2D eigenvalue weighted by Gasteiger charge is 2.36. The van der Waals surface area contributed by atoms with Gasteiger partial charge in [-0.2, -0.15) is 0 Å². The number of esters is 1. The molecule has 0 aliphatic carbocycles. The Hall–Kier alpha value is -1.35. The van der Waals surface area contributed by atoms with Gasteiger partial charge in [0.2, 0.25) is 15.9 Å². The maximum absolute atomic E-state index is 13.0. The van der Waals surface area contributed by atoms with Gasteiger partial charge in [-0.25, -0.2) is 12.7 Å². The Balaban J connectivity index is 1.61. The van der Waals surface area contributed by atoms with Crippen LogP contribution in [0.25, 0.3) is 0 Å². The predicted octanol–water partition coefficient (Wildman–Crippen LogP) is 3.34. The topological polar surface area (TPSA) is 84.0 Å². The summed E-state index contributed by atoms with van der Waals surface area (Å²) in [6.45, 7) is 3.63. The van der Waals surface area contributed by atoms with Gasteiger partial charge in [-0.1, -0.05) is 29.3 Å². The molecule has 2 heterocycles. The van der Waals surface area contributed by atoms with Gasteiger partial charge < -0.3 is 9.64 Å². The van der Waals surface area contributed by atoms with Crippen LogP contribution in [0.4, 0.5) is 0 Å². The van der Waals surface area contributed by atoms with Gasteiger partial charge in [-0.3, -0.25) is 9.59 Å². The van der Waals surface area contributed by atoms with Crippen LogP contribution in [-0.4, -0.2) is 62.3 Å². The molecule has 3 rings (SSSR count). The number of ether oxygens (including phenoxy) is 1. The number of benzene rings is 1. The zero-order chi connectivity index (χ0) is 22.6. The van der Waals surface area contributed by atoms with E-state index >= 15 is 0 Å². The molecule has 1 atom stereocenters. The molecule has 2 aliphatic rings. The molecule has 31 heavy (non-hydrogen) atoms. The fraction of sp³-hybridized carbons (Fsp3) is 0.619. The Morgan fingerprint density at radius 3 is 2.32 bits per heavy atom. The Morgan fingerprint density at radius 2 is 1.71 bits per heavy atom. The first-order valence-electron chi connectivity index (χ1n) is 10.6. The van der Waals surface area contributed by atoms with Crippen molar-refractivity contribution in [2.24, 2.45) is 11.8 Å². The van der Waals surface area contributed by atoms with E-state index in [4.69, 9.17) is 27.9 Å². The van der Waals surface area contributed by atoms with E-state index in [0.717, 1.165) is 0 Å². The molecule has 0 saturated carbocycles. The highest BCUT2D eigenvalue weighted by atomic mass is 35.5. The minimum Gasteiger partial charge on any atom is -0.466 e. The molecular formula is C21H28Cl2N2O5S. The third kappa shape index (κ3) is 5.92. The second kappa shape index (κ2) is 10.5. The van der Waals surface area contributed by atoms with E-state index in [-0.39, 0.29) is 36.0 Å². The molecular weight excluding hydrogens is 463 g/mol. The summed E-state index contributed by atoms with van der Waals surface area (Å²) in [5, 5.41) is 0.621.